The topological polar surface area (TPSA) is 47.3 Å². The van der Waals surface area contributed by atoms with Gasteiger partial charge in [-0.1, -0.05) is 6.07 Å². The smallest absolute Gasteiger partial charge is 0.142 e. The first-order valence-corrected chi connectivity index (χ1v) is 5.57. The molecule has 94 valence electrons. The van der Waals surface area contributed by atoms with Crippen LogP contribution < -0.4 is 15.8 Å². The average molecular weight is 246 g/mol. The molecule has 3 N–H and O–H groups in total. The maximum atomic E-state index is 13.0. The van der Waals surface area contributed by atoms with E-state index in [1.54, 1.807) is 13.2 Å². The van der Waals surface area contributed by atoms with E-state index in [9.17, 15) is 4.39 Å². The molecule has 0 aliphatic rings. The van der Waals surface area contributed by atoms with Crippen LogP contribution in [0.25, 0.3) is 0 Å². The average Bonchev–Trinajstić information content (AvgIpc) is 2.33. The number of nitrogens with two attached hydrogens (primary N) is 1. The fraction of sp³-hybridized carbons (Fsp3) is 0.143. The fourth-order valence-electron chi connectivity index (χ4n) is 1.71. The maximum Gasteiger partial charge on any atom is 0.142 e. The van der Waals surface area contributed by atoms with Gasteiger partial charge < -0.3 is 15.8 Å². The first-order valence-electron chi connectivity index (χ1n) is 5.57. The van der Waals surface area contributed by atoms with Crippen LogP contribution in [0.5, 0.6) is 5.75 Å². The number of methoxy groups -OCH3 is 1. The van der Waals surface area contributed by atoms with Crippen LogP contribution in [0.3, 0.4) is 0 Å². The number of nitrogens with one attached hydrogen (secondary N) is 1. The summed E-state index contributed by atoms with van der Waals surface area (Å²) in [6.45, 7) is 1.98. The highest BCUT2D eigenvalue weighted by atomic mass is 19.1. The summed E-state index contributed by atoms with van der Waals surface area (Å²) in [5.74, 6) is 0.360. The number of hydrogen-bond donors (Lipinski definition) is 2. The molecule has 0 bridgehead atoms. The van der Waals surface area contributed by atoms with Gasteiger partial charge in [-0.15, -0.1) is 0 Å². The van der Waals surface area contributed by atoms with Gasteiger partial charge in [-0.3, -0.25) is 0 Å². The Hall–Kier alpha value is -2.23. The molecule has 2 aromatic rings. The van der Waals surface area contributed by atoms with Gasteiger partial charge in [0.25, 0.3) is 0 Å². The molecule has 4 heteroatoms. The van der Waals surface area contributed by atoms with Crippen LogP contribution >= 0.6 is 0 Å². The van der Waals surface area contributed by atoms with Gasteiger partial charge in [-0.25, -0.2) is 4.39 Å². The number of rotatable bonds is 3. The second kappa shape index (κ2) is 4.96. The summed E-state index contributed by atoms with van der Waals surface area (Å²) in [7, 11) is 1.60. The summed E-state index contributed by atoms with van der Waals surface area (Å²) in [4.78, 5) is 0. The predicted octanol–water partition coefficient (Wildman–Crippen LogP) is 3.47. The Morgan fingerprint density at radius 2 is 1.89 bits per heavy atom. The van der Waals surface area contributed by atoms with Gasteiger partial charge in [0.15, 0.2) is 0 Å². The lowest BCUT2D eigenvalue weighted by Crippen LogP contribution is -1.99. The Bertz CT molecular complexity index is 570. The lowest BCUT2D eigenvalue weighted by Gasteiger charge is -2.13. The minimum Gasteiger partial charge on any atom is -0.495 e. The van der Waals surface area contributed by atoms with E-state index in [4.69, 9.17) is 10.5 Å². The van der Waals surface area contributed by atoms with Gasteiger partial charge in [0.1, 0.15) is 11.6 Å². The highest BCUT2D eigenvalue weighted by Gasteiger charge is 2.06. The van der Waals surface area contributed by atoms with Crippen molar-refractivity contribution in [3.8, 4) is 5.75 Å². The molecule has 0 saturated heterocycles. The quantitative estimate of drug-likeness (QED) is 0.815. The van der Waals surface area contributed by atoms with Gasteiger partial charge in [-0.05, 0) is 42.8 Å². The first kappa shape index (κ1) is 12.2. The zero-order valence-corrected chi connectivity index (χ0v) is 10.3. The molecule has 0 aliphatic heterocycles. The number of anilines is 3. The Morgan fingerprint density at radius 1 is 1.11 bits per heavy atom. The Labute approximate surface area is 105 Å². The normalized spacial score (nSPS) is 10.2. The number of ether oxygens (including phenoxy) is 1. The summed E-state index contributed by atoms with van der Waals surface area (Å²) < 4.78 is 18.2. The van der Waals surface area contributed by atoms with Gasteiger partial charge >= 0.3 is 0 Å². The van der Waals surface area contributed by atoms with Crippen LogP contribution in [0.15, 0.2) is 36.4 Å². The first-order chi connectivity index (χ1) is 8.60. The molecule has 0 atom stereocenters. The SMILES string of the molecule is COc1ccc(C)cc1Nc1ccc(F)cc1N. The summed E-state index contributed by atoms with van der Waals surface area (Å²) in [6, 6.07) is 10.0. The Balaban J connectivity index is 2.36. The molecule has 2 rings (SSSR count). The van der Waals surface area contributed by atoms with E-state index in [1.165, 1.54) is 12.1 Å². The molecule has 0 aliphatic carbocycles. The molecule has 3 nitrogen and oxygen atoms in total. The number of aryl methyl sites for hydroxylation is 1. The van der Waals surface area contributed by atoms with Crippen LogP contribution in [-0.4, -0.2) is 7.11 Å². The molecular weight excluding hydrogens is 231 g/mol. The molecule has 0 unspecified atom stereocenters. The maximum absolute atomic E-state index is 13.0. The molecule has 0 saturated carbocycles. The summed E-state index contributed by atoms with van der Waals surface area (Å²) >= 11 is 0. The highest BCUT2D eigenvalue weighted by molar-refractivity contribution is 5.75. The van der Waals surface area contributed by atoms with Crippen molar-refractivity contribution in [3.63, 3.8) is 0 Å². The van der Waals surface area contributed by atoms with Gasteiger partial charge in [0.2, 0.25) is 0 Å². The number of hydrogen-bond acceptors (Lipinski definition) is 3. The van der Waals surface area contributed by atoms with E-state index in [2.05, 4.69) is 5.32 Å². The summed E-state index contributed by atoms with van der Waals surface area (Å²) in [5.41, 5.74) is 8.67. The standard InChI is InChI=1S/C14H15FN2O/c1-9-3-6-14(18-2)13(7-9)17-12-5-4-10(15)8-11(12)16/h3-8,17H,16H2,1-2H3. The van der Waals surface area contributed by atoms with Crippen LogP contribution in [0.4, 0.5) is 21.5 Å². The zero-order valence-electron chi connectivity index (χ0n) is 10.3. The highest BCUT2D eigenvalue weighted by Crippen LogP contribution is 2.31. The monoisotopic (exact) mass is 246 g/mol. The molecule has 18 heavy (non-hydrogen) atoms. The van der Waals surface area contributed by atoms with Crippen molar-refractivity contribution in [1.82, 2.24) is 0 Å². The molecule has 0 aromatic heterocycles. The molecular formula is C14H15FN2O. The number of benzene rings is 2. The van der Waals surface area contributed by atoms with Crippen molar-refractivity contribution < 1.29 is 9.13 Å². The molecule has 0 fully saturated rings. The van der Waals surface area contributed by atoms with Crippen molar-refractivity contribution in [2.24, 2.45) is 0 Å². The third kappa shape index (κ3) is 2.53. The Kier molecular flexibility index (Phi) is 3.37. The van der Waals surface area contributed by atoms with E-state index in [0.717, 1.165) is 11.3 Å². The van der Waals surface area contributed by atoms with E-state index in [-0.39, 0.29) is 5.82 Å². The molecule has 0 radical (unpaired) electrons. The minimum absolute atomic E-state index is 0.353. The van der Waals surface area contributed by atoms with Crippen molar-refractivity contribution in [2.45, 2.75) is 6.92 Å². The van der Waals surface area contributed by atoms with Crippen LogP contribution in [-0.2, 0) is 0 Å². The fourth-order valence-corrected chi connectivity index (χ4v) is 1.71. The molecule has 0 spiro atoms. The predicted molar refractivity (Wildman–Crippen MR) is 71.8 cm³/mol. The third-order valence-electron chi connectivity index (χ3n) is 2.64. The third-order valence-corrected chi connectivity index (χ3v) is 2.64. The van der Waals surface area contributed by atoms with Gasteiger partial charge in [0.05, 0.1) is 24.2 Å². The van der Waals surface area contributed by atoms with Crippen LogP contribution in [0.2, 0.25) is 0 Å². The molecule has 2 aromatic carbocycles. The van der Waals surface area contributed by atoms with Crippen molar-refractivity contribution in [2.75, 3.05) is 18.2 Å². The van der Waals surface area contributed by atoms with Crippen molar-refractivity contribution in [1.29, 1.82) is 0 Å². The summed E-state index contributed by atoms with van der Waals surface area (Å²) in [6.07, 6.45) is 0. The van der Waals surface area contributed by atoms with Crippen LogP contribution in [0.1, 0.15) is 5.56 Å². The van der Waals surface area contributed by atoms with Crippen LogP contribution in [0, 0.1) is 12.7 Å². The largest absolute Gasteiger partial charge is 0.495 e. The molecule has 0 heterocycles. The van der Waals surface area contributed by atoms with E-state index in [0.29, 0.717) is 17.1 Å². The van der Waals surface area contributed by atoms with E-state index >= 15 is 0 Å². The van der Waals surface area contributed by atoms with Crippen molar-refractivity contribution >= 4 is 17.1 Å². The van der Waals surface area contributed by atoms with Gasteiger partial charge in [-0.2, -0.15) is 0 Å². The lowest BCUT2D eigenvalue weighted by molar-refractivity contribution is 0.416. The zero-order chi connectivity index (χ0) is 13.1. The Morgan fingerprint density at radius 3 is 2.56 bits per heavy atom. The van der Waals surface area contributed by atoms with Crippen molar-refractivity contribution in [3.05, 3.63) is 47.8 Å². The summed E-state index contributed by atoms with van der Waals surface area (Å²) in [5, 5.41) is 3.14. The number of halogens is 1. The lowest BCUT2D eigenvalue weighted by atomic mass is 10.2. The molecule has 0 amide bonds. The minimum atomic E-state index is -0.353. The van der Waals surface area contributed by atoms with Gasteiger partial charge in [0, 0.05) is 0 Å². The second-order valence-electron chi connectivity index (χ2n) is 4.06. The van der Waals surface area contributed by atoms with E-state index < -0.39 is 0 Å². The second-order valence-corrected chi connectivity index (χ2v) is 4.06. The number of nitrogen functional groups attached to an aromatic ring is 1. The van der Waals surface area contributed by atoms with E-state index in [1.807, 2.05) is 25.1 Å².